The zero-order valence-electron chi connectivity index (χ0n) is 46.5. The van der Waals surface area contributed by atoms with E-state index < -0.39 is 6.10 Å². The SMILES string of the molecule is CC/C=C\C/C=C\C/C=C\C/C=C\C/C=C\CCCCCCCCCCCCCC(=O)OC(CO)COC(=O)CCCCCCCCCCCCCCCCCCC/C=C\CCCCCCCCCC. The number of hydrogen-bond acceptors (Lipinski definition) is 5. The van der Waals surface area contributed by atoms with Crippen LogP contribution in [0.25, 0.3) is 0 Å². The molecule has 0 heterocycles. The Hall–Kier alpha value is -2.66. The van der Waals surface area contributed by atoms with E-state index in [9.17, 15) is 14.7 Å². The predicted molar refractivity (Wildman–Crippen MR) is 306 cm³/mol. The van der Waals surface area contributed by atoms with Crippen LogP contribution in [0.2, 0.25) is 0 Å². The van der Waals surface area contributed by atoms with E-state index in [1.165, 1.54) is 212 Å². The first-order valence-electron chi connectivity index (χ1n) is 30.5. The Kier molecular flexibility index (Phi) is 58.3. The molecule has 0 saturated heterocycles. The Morgan fingerprint density at radius 1 is 0.343 bits per heavy atom. The lowest BCUT2D eigenvalue weighted by atomic mass is 10.0. The summed E-state index contributed by atoms with van der Waals surface area (Å²) in [6, 6.07) is 0. The Balaban J connectivity index is 3.46. The summed E-state index contributed by atoms with van der Waals surface area (Å²) in [4.78, 5) is 24.6. The van der Waals surface area contributed by atoms with Gasteiger partial charge in [-0.15, -0.1) is 0 Å². The highest BCUT2D eigenvalue weighted by molar-refractivity contribution is 5.70. The third-order valence-corrected chi connectivity index (χ3v) is 13.5. The van der Waals surface area contributed by atoms with Crippen molar-refractivity contribution in [3.63, 3.8) is 0 Å². The van der Waals surface area contributed by atoms with E-state index in [-0.39, 0.29) is 25.2 Å². The molecule has 0 saturated carbocycles. The molecule has 0 aliphatic carbocycles. The molecule has 0 aromatic carbocycles. The normalized spacial score (nSPS) is 12.7. The molecule has 70 heavy (non-hydrogen) atoms. The van der Waals surface area contributed by atoms with Crippen molar-refractivity contribution in [1.82, 2.24) is 0 Å². The lowest BCUT2D eigenvalue weighted by molar-refractivity contribution is -0.161. The Labute approximate surface area is 435 Å². The number of esters is 2. The number of carbonyl (C=O) groups is 2. The number of unbranched alkanes of at least 4 members (excludes halogenated alkanes) is 36. The van der Waals surface area contributed by atoms with Gasteiger partial charge in [0.1, 0.15) is 6.61 Å². The molecule has 0 bridgehead atoms. The van der Waals surface area contributed by atoms with Crippen LogP contribution in [0.4, 0.5) is 0 Å². The first-order chi connectivity index (χ1) is 34.6. The van der Waals surface area contributed by atoms with E-state index in [0.29, 0.717) is 12.8 Å². The minimum absolute atomic E-state index is 0.0664. The van der Waals surface area contributed by atoms with Gasteiger partial charge in [-0.3, -0.25) is 9.59 Å². The highest BCUT2D eigenvalue weighted by atomic mass is 16.6. The molecule has 406 valence electrons. The van der Waals surface area contributed by atoms with Crippen molar-refractivity contribution < 1.29 is 24.2 Å². The van der Waals surface area contributed by atoms with Crippen LogP contribution < -0.4 is 0 Å². The topological polar surface area (TPSA) is 72.8 Å². The van der Waals surface area contributed by atoms with Gasteiger partial charge in [0.15, 0.2) is 6.10 Å². The van der Waals surface area contributed by atoms with Gasteiger partial charge in [0.2, 0.25) is 0 Å². The van der Waals surface area contributed by atoms with Crippen molar-refractivity contribution in [2.75, 3.05) is 13.2 Å². The molecule has 0 amide bonds. The monoisotopic (exact) mass is 977 g/mol. The van der Waals surface area contributed by atoms with Gasteiger partial charge in [0.25, 0.3) is 0 Å². The van der Waals surface area contributed by atoms with Crippen molar-refractivity contribution in [2.45, 2.75) is 315 Å². The summed E-state index contributed by atoms with van der Waals surface area (Å²) in [6.45, 7) is 4.06. The standard InChI is InChI=1S/C65H116O5/c1-3-5-7-9-11-13-15-17-19-21-23-25-27-29-31-32-34-35-37-39-41-43-45-47-49-51-53-55-57-59-64(67)69-62-63(61-66)70-65(68)60-58-56-54-52-50-48-46-44-42-40-38-36-33-30-28-26-24-22-20-18-16-14-12-10-8-6-4-2/h6,8,12,14,18,20-21,23-24,26,30,33,63,66H,3-5,7,9-11,13,15-17,19,22,25,27-29,31-32,34-62H2,1-2H3/b8-6-,14-12-,20-18-,23-21-,26-24-,33-30-. The van der Waals surface area contributed by atoms with Gasteiger partial charge < -0.3 is 14.6 Å². The van der Waals surface area contributed by atoms with Crippen molar-refractivity contribution in [2.24, 2.45) is 0 Å². The third-order valence-electron chi connectivity index (χ3n) is 13.5. The fourth-order valence-corrected chi connectivity index (χ4v) is 8.93. The molecule has 1 N–H and O–H groups in total. The maximum atomic E-state index is 12.3. The second-order valence-electron chi connectivity index (χ2n) is 20.4. The average Bonchev–Trinajstić information content (AvgIpc) is 3.36. The molecule has 0 aromatic rings. The highest BCUT2D eigenvalue weighted by Gasteiger charge is 2.16. The van der Waals surface area contributed by atoms with Gasteiger partial charge in [-0.05, 0) is 83.5 Å². The van der Waals surface area contributed by atoms with Crippen molar-refractivity contribution >= 4 is 11.9 Å². The van der Waals surface area contributed by atoms with Crippen molar-refractivity contribution in [3.8, 4) is 0 Å². The van der Waals surface area contributed by atoms with E-state index in [4.69, 9.17) is 9.47 Å². The summed E-state index contributed by atoms with van der Waals surface area (Å²) in [6.07, 6.45) is 83.2. The van der Waals surface area contributed by atoms with Gasteiger partial charge in [-0.25, -0.2) is 0 Å². The van der Waals surface area contributed by atoms with Gasteiger partial charge >= 0.3 is 11.9 Å². The molecule has 0 spiro atoms. The van der Waals surface area contributed by atoms with Gasteiger partial charge in [0.05, 0.1) is 6.61 Å². The van der Waals surface area contributed by atoms with Crippen molar-refractivity contribution in [1.29, 1.82) is 0 Å². The van der Waals surface area contributed by atoms with E-state index >= 15 is 0 Å². The van der Waals surface area contributed by atoms with Crippen LogP contribution in [0.5, 0.6) is 0 Å². The van der Waals surface area contributed by atoms with Crippen LogP contribution in [0.3, 0.4) is 0 Å². The third kappa shape index (κ3) is 57.9. The maximum Gasteiger partial charge on any atom is 0.306 e. The number of allylic oxidation sites excluding steroid dienone is 12. The van der Waals surface area contributed by atoms with Gasteiger partial charge in [-0.2, -0.15) is 0 Å². The number of hydrogen-bond donors (Lipinski definition) is 1. The number of carbonyl (C=O) groups excluding carboxylic acids is 2. The smallest absolute Gasteiger partial charge is 0.306 e. The summed E-state index contributed by atoms with van der Waals surface area (Å²) in [7, 11) is 0. The molecule has 1 unspecified atom stereocenters. The lowest BCUT2D eigenvalue weighted by Gasteiger charge is -2.15. The summed E-state index contributed by atoms with van der Waals surface area (Å²) in [5, 5.41) is 9.67. The lowest BCUT2D eigenvalue weighted by Crippen LogP contribution is -2.28. The molecule has 0 rings (SSSR count). The van der Waals surface area contributed by atoms with Crippen LogP contribution in [-0.4, -0.2) is 36.4 Å². The van der Waals surface area contributed by atoms with Crippen LogP contribution >= 0.6 is 0 Å². The molecule has 0 aromatic heterocycles. The number of rotatable bonds is 56. The van der Waals surface area contributed by atoms with Crippen LogP contribution in [0, 0.1) is 0 Å². The minimum Gasteiger partial charge on any atom is -0.462 e. The molecule has 1 atom stereocenters. The minimum atomic E-state index is -0.777. The number of aliphatic hydroxyl groups excluding tert-OH is 1. The van der Waals surface area contributed by atoms with Gasteiger partial charge in [-0.1, -0.05) is 286 Å². The zero-order valence-corrected chi connectivity index (χ0v) is 46.5. The summed E-state index contributed by atoms with van der Waals surface area (Å²) in [5.41, 5.74) is 0. The fraction of sp³-hybridized carbons (Fsp3) is 0.785. The summed E-state index contributed by atoms with van der Waals surface area (Å²) < 4.78 is 10.7. The molecule has 0 aliphatic heterocycles. The fourth-order valence-electron chi connectivity index (χ4n) is 8.93. The Morgan fingerprint density at radius 3 is 0.943 bits per heavy atom. The Bertz CT molecular complexity index is 1240. The van der Waals surface area contributed by atoms with Crippen LogP contribution in [-0.2, 0) is 19.1 Å². The van der Waals surface area contributed by atoms with Crippen LogP contribution in [0.1, 0.15) is 309 Å². The van der Waals surface area contributed by atoms with E-state index in [2.05, 4.69) is 86.8 Å². The Morgan fingerprint density at radius 2 is 0.614 bits per heavy atom. The average molecular weight is 978 g/mol. The van der Waals surface area contributed by atoms with Crippen LogP contribution in [0.15, 0.2) is 72.9 Å². The molecule has 5 heteroatoms. The second-order valence-corrected chi connectivity index (χ2v) is 20.4. The zero-order chi connectivity index (χ0) is 50.6. The van der Waals surface area contributed by atoms with E-state index in [0.717, 1.165) is 70.6 Å². The molecular weight excluding hydrogens is 861 g/mol. The first kappa shape index (κ1) is 67.3. The second kappa shape index (κ2) is 60.6. The predicted octanol–water partition coefficient (Wildman–Crippen LogP) is 20.8. The molecule has 0 radical (unpaired) electrons. The molecule has 0 fully saturated rings. The molecular formula is C65H116O5. The maximum absolute atomic E-state index is 12.3. The largest absolute Gasteiger partial charge is 0.462 e. The molecule has 0 aliphatic rings. The molecule has 5 nitrogen and oxygen atoms in total. The summed E-state index contributed by atoms with van der Waals surface area (Å²) >= 11 is 0. The van der Waals surface area contributed by atoms with Crippen molar-refractivity contribution in [3.05, 3.63) is 72.9 Å². The van der Waals surface area contributed by atoms with Gasteiger partial charge in [0, 0.05) is 12.8 Å². The first-order valence-corrected chi connectivity index (χ1v) is 30.5. The number of ether oxygens (including phenoxy) is 2. The van der Waals surface area contributed by atoms with E-state index in [1.54, 1.807) is 0 Å². The summed E-state index contributed by atoms with van der Waals surface area (Å²) in [5.74, 6) is -0.583. The van der Waals surface area contributed by atoms with E-state index in [1.807, 2.05) is 0 Å². The highest BCUT2D eigenvalue weighted by Crippen LogP contribution is 2.17. The number of aliphatic hydroxyl groups is 1. The quantitative estimate of drug-likeness (QED) is 0.0373.